The Bertz CT molecular complexity index is 215. The van der Waals surface area contributed by atoms with E-state index in [2.05, 4.69) is 10.6 Å². The maximum Gasteiger partial charge on any atom is 0.222 e. The third kappa shape index (κ3) is 6.40. The van der Waals surface area contributed by atoms with Crippen LogP contribution in [0.1, 0.15) is 27.7 Å². The van der Waals surface area contributed by atoms with Gasteiger partial charge in [0.2, 0.25) is 11.8 Å². The van der Waals surface area contributed by atoms with Crippen molar-refractivity contribution >= 4 is 11.8 Å². The Morgan fingerprint density at radius 1 is 0.938 bits per heavy atom. The Balaban J connectivity index is 3.71. The molecule has 5 nitrogen and oxygen atoms in total. The molecule has 0 aromatic rings. The largest absolute Gasteiger partial charge is 0.389 e. The predicted octanol–water partition coefficient (Wildman–Crippen LogP) is -0.108. The van der Waals surface area contributed by atoms with E-state index < -0.39 is 6.10 Å². The molecule has 0 saturated heterocycles. The fraction of sp³-hybridized carbons (Fsp3) is 0.818. The fourth-order valence-corrected chi connectivity index (χ4v) is 0.917. The summed E-state index contributed by atoms with van der Waals surface area (Å²) in [6, 6.07) is 0. The van der Waals surface area contributed by atoms with E-state index in [-0.39, 0.29) is 36.7 Å². The second-order valence-corrected chi connectivity index (χ2v) is 4.45. The molecule has 0 spiro atoms. The van der Waals surface area contributed by atoms with Crippen LogP contribution in [0.5, 0.6) is 0 Å². The standard InChI is InChI=1S/C11H22N2O3/c1-7(2)10(15)12-5-9(14)6-13-11(16)8(3)4/h7-9,14H,5-6H2,1-4H3,(H,12,15)(H,13,16). The first-order valence-corrected chi connectivity index (χ1v) is 5.58. The monoisotopic (exact) mass is 230 g/mol. The van der Waals surface area contributed by atoms with Crippen molar-refractivity contribution in [2.45, 2.75) is 33.8 Å². The number of aliphatic hydroxyl groups excluding tert-OH is 1. The number of hydrogen-bond acceptors (Lipinski definition) is 3. The summed E-state index contributed by atoms with van der Waals surface area (Å²) in [5.74, 6) is -0.404. The highest BCUT2D eigenvalue weighted by Crippen LogP contribution is 1.92. The number of nitrogens with one attached hydrogen (secondary N) is 2. The van der Waals surface area contributed by atoms with Gasteiger partial charge >= 0.3 is 0 Å². The van der Waals surface area contributed by atoms with Crippen LogP contribution in [-0.2, 0) is 9.59 Å². The SMILES string of the molecule is CC(C)C(=O)NCC(O)CNC(=O)C(C)C. The van der Waals surface area contributed by atoms with Gasteiger partial charge in [-0.25, -0.2) is 0 Å². The van der Waals surface area contributed by atoms with Gasteiger partial charge in [-0.3, -0.25) is 9.59 Å². The summed E-state index contributed by atoms with van der Waals surface area (Å²) in [7, 11) is 0. The van der Waals surface area contributed by atoms with Crippen molar-refractivity contribution in [3.05, 3.63) is 0 Å². The van der Waals surface area contributed by atoms with E-state index in [4.69, 9.17) is 0 Å². The van der Waals surface area contributed by atoms with E-state index >= 15 is 0 Å². The Morgan fingerprint density at radius 2 is 1.25 bits per heavy atom. The number of carbonyl (C=O) groups is 2. The molecular weight excluding hydrogens is 208 g/mol. The van der Waals surface area contributed by atoms with Gasteiger partial charge < -0.3 is 15.7 Å². The van der Waals surface area contributed by atoms with Gasteiger partial charge in [-0.2, -0.15) is 0 Å². The molecule has 94 valence electrons. The molecule has 0 heterocycles. The summed E-state index contributed by atoms with van der Waals surface area (Å²) in [6.45, 7) is 7.44. The molecule has 0 aliphatic carbocycles. The molecular formula is C11H22N2O3. The van der Waals surface area contributed by atoms with Crippen LogP contribution in [-0.4, -0.2) is 36.1 Å². The highest BCUT2D eigenvalue weighted by atomic mass is 16.3. The van der Waals surface area contributed by atoms with Crippen LogP contribution < -0.4 is 10.6 Å². The van der Waals surface area contributed by atoms with Crippen LogP contribution in [0.2, 0.25) is 0 Å². The van der Waals surface area contributed by atoms with Gasteiger partial charge in [0.25, 0.3) is 0 Å². The first-order chi connectivity index (χ1) is 7.34. The third-order valence-electron chi connectivity index (χ3n) is 2.07. The average Bonchev–Trinajstić information content (AvgIpc) is 2.21. The zero-order valence-corrected chi connectivity index (χ0v) is 10.4. The van der Waals surface area contributed by atoms with Gasteiger partial charge in [0.05, 0.1) is 6.10 Å². The highest BCUT2D eigenvalue weighted by Gasteiger charge is 2.12. The van der Waals surface area contributed by atoms with Crippen molar-refractivity contribution < 1.29 is 14.7 Å². The minimum atomic E-state index is -0.745. The normalized spacial score (nSPS) is 11.0. The molecule has 0 aromatic heterocycles. The molecule has 16 heavy (non-hydrogen) atoms. The summed E-state index contributed by atoms with van der Waals surface area (Å²) >= 11 is 0. The lowest BCUT2D eigenvalue weighted by Gasteiger charge is -2.14. The Labute approximate surface area is 96.6 Å². The van der Waals surface area contributed by atoms with Crippen LogP contribution in [0.25, 0.3) is 0 Å². The van der Waals surface area contributed by atoms with Crippen molar-refractivity contribution in [3.63, 3.8) is 0 Å². The Kier molecular flexibility index (Phi) is 6.72. The molecule has 3 N–H and O–H groups in total. The molecule has 0 aromatic carbocycles. The second-order valence-electron chi connectivity index (χ2n) is 4.45. The summed E-state index contributed by atoms with van der Waals surface area (Å²) in [5, 5.41) is 14.7. The lowest BCUT2D eigenvalue weighted by Crippen LogP contribution is -2.41. The van der Waals surface area contributed by atoms with Gasteiger partial charge in [-0.15, -0.1) is 0 Å². The molecule has 0 unspecified atom stereocenters. The van der Waals surface area contributed by atoms with Crippen LogP contribution in [0.3, 0.4) is 0 Å². The fourth-order valence-electron chi connectivity index (χ4n) is 0.917. The van der Waals surface area contributed by atoms with Crippen molar-refractivity contribution in [2.24, 2.45) is 11.8 Å². The molecule has 5 heteroatoms. The number of aliphatic hydroxyl groups is 1. The highest BCUT2D eigenvalue weighted by molar-refractivity contribution is 5.78. The van der Waals surface area contributed by atoms with E-state index in [0.717, 1.165) is 0 Å². The van der Waals surface area contributed by atoms with Gasteiger partial charge in [0.15, 0.2) is 0 Å². The van der Waals surface area contributed by atoms with E-state index in [1.54, 1.807) is 27.7 Å². The van der Waals surface area contributed by atoms with Gasteiger partial charge in [-0.05, 0) is 0 Å². The Hall–Kier alpha value is -1.10. The third-order valence-corrected chi connectivity index (χ3v) is 2.07. The summed E-state index contributed by atoms with van der Waals surface area (Å²) in [5.41, 5.74) is 0. The molecule has 0 radical (unpaired) electrons. The number of hydrogen-bond donors (Lipinski definition) is 3. The molecule has 0 atom stereocenters. The first-order valence-electron chi connectivity index (χ1n) is 5.58. The van der Waals surface area contributed by atoms with E-state index in [9.17, 15) is 14.7 Å². The van der Waals surface area contributed by atoms with Gasteiger partial charge in [0.1, 0.15) is 0 Å². The molecule has 0 aliphatic rings. The maximum atomic E-state index is 11.2. The van der Waals surface area contributed by atoms with E-state index in [1.165, 1.54) is 0 Å². The quantitative estimate of drug-likeness (QED) is 0.596. The lowest BCUT2D eigenvalue weighted by molar-refractivity contribution is -0.124. The maximum absolute atomic E-state index is 11.2. The summed E-state index contributed by atoms with van der Waals surface area (Å²) in [6.07, 6.45) is -0.745. The van der Waals surface area contributed by atoms with Crippen molar-refractivity contribution in [1.82, 2.24) is 10.6 Å². The zero-order valence-electron chi connectivity index (χ0n) is 10.4. The van der Waals surface area contributed by atoms with E-state index in [1.807, 2.05) is 0 Å². The van der Waals surface area contributed by atoms with Crippen LogP contribution in [0.4, 0.5) is 0 Å². The molecule has 2 amide bonds. The molecule has 0 bridgehead atoms. The van der Waals surface area contributed by atoms with Gasteiger partial charge in [0, 0.05) is 24.9 Å². The van der Waals surface area contributed by atoms with Crippen molar-refractivity contribution in [3.8, 4) is 0 Å². The number of carbonyl (C=O) groups excluding carboxylic acids is 2. The molecule has 0 fully saturated rings. The van der Waals surface area contributed by atoms with Crippen LogP contribution >= 0.6 is 0 Å². The Morgan fingerprint density at radius 3 is 1.50 bits per heavy atom. The van der Waals surface area contributed by atoms with Crippen LogP contribution in [0, 0.1) is 11.8 Å². The van der Waals surface area contributed by atoms with E-state index in [0.29, 0.717) is 0 Å². The molecule has 0 saturated carbocycles. The zero-order chi connectivity index (χ0) is 12.7. The van der Waals surface area contributed by atoms with Gasteiger partial charge in [-0.1, -0.05) is 27.7 Å². The molecule has 0 aliphatic heterocycles. The summed E-state index contributed by atoms with van der Waals surface area (Å²) < 4.78 is 0. The number of rotatable bonds is 6. The number of amides is 2. The van der Waals surface area contributed by atoms with Crippen molar-refractivity contribution in [2.75, 3.05) is 13.1 Å². The second kappa shape index (κ2) is 7.22. The minimum absolute atomic E-state index is 0.0996. The molecule has 0 rings (SSSR count). The predicted molar refractivity (Wildman–Crippen MR) is 61.7 cm³/mol. The summed E-state index contributed by atoms with van der Waals surface area (Å²) in [4.78, 5) is 22.4. The first kappa shape index (κ1) is 14.9. The average molecular weight is 230 g/mol. The topological polar surface area (TPSA) is 78.4 Å². The minimum Gasteiger partial charge on any atom is -0.389 e. The van der Waals surface area contributed by atoms with Crippen molar-refractivity contribution in [1.29, 1.82) is 0 Å². The smallest absolute Gasteiger partial charge is 0.222 e. The van der Waals surface area contributed by atoms with Crippen LogP contribution in [0.15, 0.2) is 0 Å². The lowest BCUT2D eigenvalue weighted by atomic mass is 10.2.